The molecule has 0 saturated carbocycles. The van der Waals surface area contributed by atoms with Gasteiger partial charge in [0.05, 0.1) is 16.9 Å². The smallest absolute Gasteiger partial charge is 0.220 e. The Morgan fingerprint density at radius 2 is 2.04 bits per heavy atom. The van der Waals surface area contributed by atoms with Gasteiger partial charge in [-0.2, -0.15) is 0 Å². The average Bonchev–Trinajstić information content (AvgIpc) is 2.55. The zero-order chi connectivity index (χ0) is 16.2. The zero-order valence-corrected chi connectivity index (χ0v) is 12.8. The van der Waals surface area contributed by atoms with E-state index in [1.165, 1.54) is 0 Å². The van der Waals surface area contributed by atoms with Crippen molar-refractivity contribution >= 4 is 29.1 Å². The Hall–Kier alpha value is -3.02. The molecule has 0 aliphatic rings. The minimum atomic E-state index is 0.271. The number of fused-ring (bicyclic) bond motifs is 1. The summed E-state index contributed by atoms with van der Waals surface area (Å²) in [6, 6.07) is 11.3. The summed E-state index contributed by atoms with van der Waals surface area (Å²) >= 11 is 0. The standard InChI is InChI=1S/C17H17N5O/c1-2-4-14-16-15(22-17(18)21-14)8-7-13(20-16)11-5-3-6-12(9-11)19-10-23/h3,5-10H,2,4H2,1H3,(H,19,23)(H2,18,21,22). The van der Waals surface area contributed by atoms with Crippen molar-refractivity contribution in [3.05, 3.63) is 42.1 Å². The highest BCUT2D eigenvalue weighted by molar-refractivity contribution is 5.82. The minimum absolute atomic E-state index is 0.271. The molecule has 3 N–H and O–H groups in total. The summed E-state index contributed by atoms with van der Waals surface area (Å²) in [7, 11) is 0. The normalized spacial score (nSPS) is 10.7. The second-order valence-electron chi connectivity index (χ2n) is 5.19. The van der Waals surface area contributed by atoms with E-state index in [4.69, 9.17) is 10.7 Å². The van der Waals surface area contributed by atoms with Gasteiger partial charge in [-0.05, 0) is 30.7 Å². The molecule has 3 aromatic rings. The highest BCUT2D eigenvalue weighted by Gasteiger charge is 2.09. The number of amides is 1. The number of hydrogen-bond acceptors (Lipinski definition) is 5. The number of rotatable bonds is 5. The fourth-order valence-corrected chi connectivity index (χ4v) is 2.50. The van der Waals surface area contributed by atoms with Crippen molar-refractivity contribution in [2.45, 2.75) is 19.8 Å². The fourth-order valence-electron chi connectivity index (χ4n) is 2.50. The maximum atomic E-state index is 10.6. The van der Waals surface area contributed by atoms with Crippen molar-refractivity contribution in [2.75, 3.05) is 11.1 Å². The number of aryl methyl sites for hydroxylation is 1. The molecule has 6 nitrogen and oxygen atoms in total. The minimum Gasteiger partial charge on any atom is -0.368 e. The van der Waals surface area contributed by atoms with Gasteiger partial charge in [0.1, 0.15) is 5.52 Å². The Morgan fingerprint density at radius 1 is 1.17 bits per heavy atom. The predicted molar refractivity (Wildman–Crippen MR) is 90.9 cm³/mol. The van der Waals surface area contributed by atoms with Crippen LogP contribution in [-0.4, -0.2) is 21.4 Å². The number of anilines is 2. The number of carbonyl (C=O) groups is 1. The van der Waals surface area contributed by atoms with Crippen molar-refractivity contribution in [3.8, 4) is 11.3 Å². The van der Waals surface area contributed by atoms with Crippen LogP contribution in [0.1, 0.15) is 19.0 Å². The quantitative estimate of drug-likeness (QED) is 0.707. The Labute approximate surface area is 133 Å². The number of carbonyl (C=O) groups excluding carboxylic acids is 1. The van der Waals surface area contributed by atoms with Gasteiger partial charge in [-0.15, -0.1) is 0 Å². The lowest BCUT2D eigenvalue weighted by molar-refractivity contribution is -0.105. The van der Waals surface area contributed by atoms with Crippen LogP contribution in [0.25, 0.3) is 22.3 Å². The van der Waals surface area contributed by atoms with Crippen LogP contribution in [0, 0.1) is 0 Å². The van der Waals surface area contributed by atoms with Gasteiger partial charge >= 0.3 is 0 Å². The van der Waals surface area contributed by atoms with Gasteiger partial charge in [0.2, 0.25) is 12.4 Å². The topological polar surface area (TPSA) is 93.8 Å². The Bertz CT molecular complexity index is 863. The maximum Gasteiger partial charge on any atom is 0.220 e. The molecular formula is C17H17N5O. The molecule has 0 aliphatic carbocycles. The predicted octanol–water partition coefficient (Wildman–Crippen LogP) is 2.79. The molecule has 2 aromatic heterocycles. The molecule has 2 heterocycles. The molecule has 1 amide bonds. The van der Waals surface area contributed by atoms with Crippen molar-refractivity contribution in [1.82, 2.24) is 15.0 Å². The number of benzene rings is 1. The van der Waals surface area contributed by atoms with Crippen molar-refractivity contribution in [2.24, 2.45) is 0 Å². The summed E-state index contributed by atoms with van der Waals surface area (Å²) in [5.74, 6) is 0.271. The molecule has 23 heavy (non-hydrogen) atoms. The van der Waals surface area contributed by atoms with Crippen LogP contribution in [0.3, 0.4) is 0 Å². The van der Waals surface area contributed by atoms with Crippen LogP contribution in [0.4, 0.5) is 11.6 Å². The average molecular weight is 307 g/mol. The Morgan fingerprint density at radius 3 is 2.83 bits per heavy atom. The van der Waals surface area contributed by atoms with Crippen molar-refractivity contribution in [1.29, 1.82) is 0 Å². The van der Waals surface area contributed by atoms with E-state index in [2.05, 4.69) is 22.2 Å². The molecule has 1 aromatic carbocycles. The largest absolute Gasteiger partial charge is 0.368 e. The van der Waals surface area contributed by atoms with Gasteiger partial charge in [-0.3, -0.25) is 4.79 Å². The maximum absolute atomic E-state index is 10.6. The molecule has 116 valence electrons. The summed E-state index contributed by atoms with van der Waals surface area (Å²) in [5, 5.41) is 2.64. The van der Waals surface area contributed by atoms with E-state index < -0.39 is 0 Å². The monoisotopic (exact) mass is 307 g/mol. The van der Waals surface area contributed by atoms with Gasteiger partial charge in [0.25, 0.3) is 0 Å². The summed E-state index contributed by atoms with van der Waals surface area (Å²) < 4.78 is 0. The molecule has 0 radical (unpaired) electrons. The Balaban J connectivity index is 2.12. The zero-order valence-electron chi connectivity index (χ0n) is 12.8. The van der Waals surface area contributed by atoms with E-state index in [1.54, 1.807) is 0 Å². The van der Waals surface area contributed by atoms with Crippen LogP contribution >= 0.6 is 0 Å². The first-order valence-corrected chi connectivity index (χ1v) is 7.45. The number of pyridine rings is 1. The lowest BCUT2D eigenvalue weighted by Gasteiger charge is -2.08. The summed E-state index contributed by atoms with van der Waals surface area (Å²) in [6.07, 6.45) is 2.41. The van der Waals surface area contributed by atoms with Gasteiger partial charge in [0.15, 0.2) is 0 Å². The number of nitrogen functional groups attached to an aromatic ring is 1. The SMILES string of the molecule is CCCc1nc(N)nc2ccc(-c3cccc(NC=O)c3)nc12. The van der Waals surface area contributed by atoms with Gasteiger partial charge in [-0.25, -0.2) is 15.0 Å². The van der Waals surface area contributed by atoms with E-state index in [0.29, 0.717) is 6.41 Å². The first kappa shape index (κ1) is 14.9. The third kappa shape index (κ3) is 3.11. The van der Waals surface area contributed by atoms with E-state index >= 15 is 0 Å². The Kier molecular flexibility index (Phi) is 4.14. The highest BCUT2D eigenvalue weighted by Crippen LogP contribution is 2.24. The second-order valence-corrected chi connectivity index (χ2v) is 5.19. The van der Waals surface area contributed by atoms with E-state index in [-0.39, 0.29) is 5.95 Å². The third-order valence-corrected chi connectivity index (χ3v) is 3.50. The first-order chi connectivity index (χ1) is 11.2. The fraction of sp³-hybridized carbons (Fsp3) is 0.176. The number of nitrogens with zero attached hydrogens (tertiary/aromatic N) is 3. The molecule has 0 spiro atoms. The van der Waals surface area contributed by atoms with Crippen molar-refractivity contribution in [3.63, 3.8) is 0 Å². The number of hydrogen-bond donors (Lipinski definition) is 2. The second kappa shape index (κ2) is 6.39. The number of nitrogens with two attached hydrogens (primary N) is 1. The van der Waals surface area contributed by atoms with E-state index in [1.807, 2.05) is 36.4 Å². The van der Waals surface area contributed by atoms with Crippen LogP contribution in [0.5, 0.6) is 0 Å². The summed E-state index contributed by atoms with van der Waals surface area (Å²) in [4.78, 5) is 23.9. The molecule has 0 unspecified atom stereocenters. The number of aromatic nitrogens is 3. The molecule has 0 fully saturated rings. The summed E-state index contributed by atoms with van der Waals surface area (Å²) in [5.41, 5.74) is 10.6. The lowest BCUT2D eigenvalue weighted by Crippen LogP contribution is -2.02. The third-order valence-electron chi connectivity index (χ3n) is 3.50. The summed E-state index contributed by atoms with van der Waals surface area (Å²) in [6.45, 7) is 2.09. The van der Waals surface area contributed by atoms with Crippen LogP contribution < -0.4 is 11.1 Å². The molecule has 0 aliphatic heterocycles. The van der Waals surface area contributed by atoms with E-state index in [0.717, 1.165) is 46.5 Å². The molecule has 0 bridgehead atoms. The lowest BCUT2D eigenvalue weighted by atomic mass is 10.1. The van der Waals surface area contributed by atoms with Crippen LogP contribution in [0.2, 0.25) is 0 Å². The molecule has 6 heteroatoms. The van der Waals surface area contributed by atoms with Gasteiger partial charge in [0, 0.05) is 11.3 Å². The van der Waals surface area contributed by atoms with Gasteiger partial charge in [-0.1, -0.05) is 25.5 Å². The number of nitrogens with one attached hydrogen (secondary N) is 1. The molecule has 0 atom stereocenters. The molecule has 3 rings (SSSR count). The van der Waals surface area contributed by atoms with E-state index in [9.17, 15) is 4.79 Å². The van der Waals surface area contributed by atoms with Crippen LogP contribution in [-0.2, 0) is 11.2 Å². The molecular weight excluding hydrogens is 290 g/mol. The highest BCUT2D eigenvalue weighted by atomic mass is 16.1. The van der Waals surface area contributed by atoms with Gasteiger partial charge < -0.3 is 11.1 Å². The first-order valence-electron chi connectivity index (χ1n) is 7.45. The molecule has 0 saturated heterocycles. The van der Waals surface area contributed by atoms with Crippen molar-refractivity contribution < 1.29 is 4.79 Å². The van der Waals surface area contributed by atoms with Crippen LogP contribution in [0.15, 0.2) is 36.4 Å².